The smallest absolute Gasteiger partial charge is 0.119 e. The first-order chi connectivity index (χ1) is 8.66. The maximum absolute atomic E-state index is 5.65. The largest absolute Gasteiger partial charge is 0.491 e. The molecule has 1 aromatic rings. The van der Waals surface area contributed by atoms with E-state index < -0.39 is 0 Å². The number of benzene rings is 1. The van der Waals surface area contributed by atoms with Crippen LogP contribution in [0.3, 0.4) is 0 Å². The molecule has 0 saturated carbocycles. The maximum atomic E-state index is 5.65. The first kappa shape index (κ1) is 13.9. The quantitative estimate of drug-likeness (QED) is 0.770. The van der Waals surface area contributed by atoms with Crippen molar-refractivity contribution < 1.29 is 9.47 Å². The number of halogens is 1. The topological polar surface area (TPSA) is 18.5 Å². The number of ether oxygens (including phenoxy) is 2. The number of hydrogen-bond acceptors (Lipinski definition) is 2. The predicted molar refractivity (Wildman–Crippen MR) is 77.4 cm³/mol. The van der Waals surface area contributed by atoms with Gasteiger partial charge >= 0.3 is 0 Å². The van der Waals surface area contributed by atoms with Crippen molar-refractivity contribution in [3.8, 4) is 5.75 Å². The van der Waals surface area contributed by atoms with E-state index in [1.807, 2.05) is 26.0 Å². The lowest BCUT2D eigenvalue weighted by atomic mass is 9.94. The van der Waals surface area contributed by atoms with Crippen molar-refractivity contribution in [1.29, 1.82) is 0 Å². The molecule has 1 aliphatic rings. The Morgan fingerprint density at radius 3 is 2.56 bits per heavy atom. The van der Waals surface area contributed by atoms with Gasteiger partial charge in [0.2, 0.25) is 0 Å². The van der Waals surface area contributed by atoms with Crippen LogP contribution in [-0.4, -0.2) is 19.3 Å². The van der Waals surface area contributed by atoms with Gasteiger partial charge in [-0.05, 0) is 50.3 Å². The van der Waals surface area contributed by atoms with Gasteiger partial charge in [-0.15, -0.1) is 0 Å². The van der Waals surface area contributed by atoms with Gasteiger partial charge < -0.3 is 9.47 Å². The molecule has 2 unspecified atom stereocenters. The van der Waals surface area contributed by atoms with Crippen LogP contribution in [0.1, 0.15) is 37.1 Å². The number of rotatable bonds is 4. The summed E-state index contributed by atoms with van der Waals surface area (Å²) in [6, 6.07) is 8.39. The van der Waals surface area contributed by atoms with E-state index in [0.717, 1.165) is 19.0 Å². The van der Waals surface area contributed by atoms with E-state index in [-0.39, 0.29) is 6.10 Å². The minimum atomic E-state index is 0.224. The SMILES string of the molecule is CC(C)Oc1ccc(C(Br)C2CCCOC2)cc1. The summed E-state index contributed by atoms with van der Waals surface area (Å²) in [7, 11) is 0. The van der Waals surface area contributed by atoms with Crippen molar-refractivity contribution in [2.75, 3.05) is 13.2 Å². The normalized spacial score (nSPS) is 21.9. The fourth-order valence-corrected chi connectivity index (χ4v) is 2.99. The highest BCUT2D eigenvalue weighted by molar-refractivity contribution is 9.09. The average molecular weight is 313 g/mol. The summed E-state index contributed by atoms with van der Waals surface area (Å²) in [6.45, 7) is 5.86. The predicted octanol–water partition coefficient (Wildman–Crippen LogP) is 4.34. The van der Waals surface area contributed by atoms with Gasteiger partial charge in [-0.2, -0.15) is 0 Å². The lowest BCUT2D eigenvalue weighted by molar-refractivity contribution is 0.0546. The van der Waals surface area contributed by atoms with Crippen molar-refractivity contribution in [3.05, 3.63) is 29.8 Å². The molecule has 1 aromatic carbocycles. The van der Waals surface area contributed by atoms with Crippen LogP contribution in [0, 0.1) is 5.92 Å². The Morgan fingerprint density at radius 1 is 1.28 bits per heavy atom. The zero-order valence-electron chi connectivity index (χ0n) is 11.1. The van der Waals surface area contributed by atoms with Crippen molar-refractivity contribution in [2.45, 2.75) is 37.6 Å². The second kappa shape index (κ2) is 6.58. The van der Waals surface area contributed by atoms with Crippen LogP contribution in [0.4, 0.5) is 0 Å². The second-order valence-corrected chi connectivity index (χ2v) is 6.10. The Bertz CT molecular complexity index is 355. The van der Waals surface area contributed by atoms with E-state index in [0.29, 0.717) is 10.7 Å². The van der Waals surface area contributed by atoms with Crippen molar-refractivity contribution in [3.63, 3.8) is 0 Å². The fourth-order valence-electron chi connectivity index (χ4n) is 2.27. The van der Waals surface area contributed by atoms with E-state index >= 15 is 0 Å². The van der Waals surface area contributed by atoms with Gasteiger partial charge in [0.15, 0.2) is 0 Å². The van der Waals surface area contributed by atoms with E-state index in [2.05, 4.69) is 28.1 Å². The molecule has 1 saturated heterocycles. The fraction of sp³-hybridized carbons (Fsp3) is 0.600. The van der Waals surface area contributed by atoms with Crippen molar-refractivity contribution in [2.24, 2.45) is 5.92 Å². The van der Waals surface area contributed by atoms with E-state index in [1.54, 1.807) is 0 Å². The summed E-state index contributed by atoms with van der Waals surface area (Å²) in [5, 5.41) is 0. The molecular weight excluding hydrogens is 292 g/mol. The molecule has 0 N–H and O–H groups in total. The molecule has 0 amide bonds. The van der Waals surface area contributed by atoms with Crippen LogP contribution in [-0.2, 0) is 4.74 Å². The summed E-state index contributed by atoms with van der Waals surface area (Å²) in [6.07, 6.45) is 2.63. The molecule has 2 nitrogen and oxygen atoms in total. The van der Waals surface area contributed by atoms with E-state index in [1.165, 1.54) is 18.4 Å². The average Bonchev–Trinajstić information content (AvgIpc) is 2.39. The van der Waals surface area contributed by atoms with Crippen LogP contribution < -0.4 is 4.74 Å². The summed E-state index contributed by atoms with van der Waals surface area (Å²) >= 11 is 3.80. The minimum Gasteiger partial charge on any atom is -0.491 e. The Kier molecular flexibility index (Phi) is 5.07. The molecule has 0 spiro atoms. The first-order valence-electron chi connectivity index (χ1n) is 6.65. The highest BCUT2D eigenvalue weighted by atomic mass is 79.9. The molecule has 2 rings (SSSR count). The third kappa shape index (κ3) is 3.72. The van der Waals surface area contributed by atoms with E-state index in [9.17, 15) is 0 Å². The van der Waals surface area contributed by atoms with Crippen molar-refractivity contribution >= 4 is 15.9 Å². The minimum absolute atomic E-state index is 0.224. The Hall–Kier alpha value is -0.540. The zero-order chi connectivity index (χ0) is 13.0. The summed E-state index contributed by atoms with van der Waals surface area (Å²) in [5.41, 5.74) is 1.31. The summed E-state index contributed by atoms with van der Waals surface area (Å²) < 4.78 is 11.2. The van der Waals surface area contributed by atoms with Crippen LogP contribution >= 0.6 is 15.9 Å². The molecule has 0 aliphatic carbocycles. The third-order valence-electron chi connectivity index (χ3n) is 3.18. The Balaban J connectivity index is 1.99. The van der Waals surface area contributed by atoms with Gasteiger partial charge in [0.25, 0.3) is 0 Å². The van der Waals surface area contributed by atoms with Crippen LogP contribution in [0.25, 0.3) is 0 Å². The number of alkyl halides is 1. The van der Waals surface area contributed by atoms with Gasteiger partial charge in [-0.1, -0.05) is 28.1 Å². The van der Waals surface area contributed by atoms with Crippen LogP contribution in [0.15, 0.2) is 24.3 Å². The molecular formula is C15H21BrO2. The molecule has 0 bridgehead atoms. The molecule has 0 radical (unpaired) electrons. The zero-order valence-corrected chi connectivity index (χ0v) is 12.7. The Morgan fingerprint density at radius 2 is 2.00 bits per heavy atom. The molecule has 1 heterocycles. The lowest BCUT2D eigenvalue weighted by Gasteiger charge is -2.26. The molecule has 18 heavy (non-hydrogen) atoms. The summed E-state index contributed by atoms with van der Waals surface area (Å²) in [5.74, 6) is 1.52. The van der Waals surface area contributed by atoms with Crippen LogP contribution in [0.2, 0.25) is 0 Å². The van der Waals surface area contributed by atoms with Gasteiger partial charge in [0.1, 0.15) is 5.75 Å². The molecule has 100 valence electrons. The third-order valence-corrected chi connectivity index (χ3v) is 4.46. The Labute approximate surface area is 118 Å². The standard InChI is InChI=1S/C15H21BrO2/c1-11(2)18-14-7-5-12(6-8-14)15(16)13-4-3-9-17-10-13/h5-8,11,13,15H,3-4,9-10H2,1-2H3. The van der Waals surface area contributed by atoms with Gasteiger partial charge in [0, 0.05) is 11.4 Å². The van der Waals surface area contributed by atoms with Gasteiger partial charge in [-0.25, -0.2) is 0 Å². The number of hydrogen-bond donors (Lipinski definition) is 0. The molecule has 3 heteroatoms. The molecule has 2 atom stereocenters. The monoisotopic (exact) mass is 312 g/mol. The van der Waals surface area contributed by atoms with Crippen LogP contribution in [0.5, 0.6) is 5.75 Å². The lowest BCUT2D eigenvalue weighted by Crippen LogP contribution is -2.20. The molecule has 1 aliphatic heterocycles. The second-order valence-electron chi connectivity index (χ2n) is 5.11. The highest BCUT2D eigenvalue weighted by Gasteiger charge is 2.23. The molecule has 0 aromatic heterocycles. The first-order valence-corrected chi connectivity index (χ1v) is 7.57. The van der Waals surface area contributed by atoms with Gasteiger partial charge in [0.05, 0.1) is 12.7 Å². The summed E-state index contributed by atoms with van der Waals surface area (Å²) in [4.78, 5) is 0.380. The highest BCUT2D eigenvalue weighted by Crippen LogP contribution is 2.36. The molecule has 1 fully saturated rings. The maximum Gasteiger partial charge on any atom is 0.119 e. The van der Waals surface area contributed by atoms with Gasteiger partial charge in [-0.3, -0.25) is 0 Å². The van der Waals surface area contributed by atoms with E-state index in [4.69, 9.17) is 9.47 Å². The van der Waals surface area contributed by atoms with Crippen molar-refractivity contribution in [1.82, 2.24) is 0 Å².